The Hall–Kier alpha value is -2.29. The smallest absolute Gasteiger partial charge is 0.240 e. The summed E-state index contributed by atoms with van der Waals surface area (Å²) < 4.78 is 49.0. The van der Waals surface area contributed by atoms with Gasteiger partial charge in [0.25, 0.3) is 0 Å². The first-order valence-electron chi connectivity index (χ1n) is 8.19. The van der Waals surface area contributed by atoms with Crippen LogP contribution in [0.15, 0.2) is 47.4 Å². The Bertz CT molecular complexity index is 835. The van der Waals surface area contributed by atoms with Gasteiger partial charge in [-0.15, -0.1) is 0 Å². The first kappa shape index (κ1) is 18.5. The largest absolute Gasteiger partial charge is 0.491 e. The zero-order valence-electron chi connectivity index (χ0n) is 14.4. The Morgan fingerprint density at radius 1 is 1.04 bits per heavy atom. The van der Waals surface area contributed by atoms with Gasteiger partial charge in [0.15, 0.2) is 11.5 Å². The van der Waals surface area contributed by atoms with Crippen molar-refractivity contribution in [2.24, 2.45) is 0 Å². The number of hydrogen-bond acceptors (Lipinski definition) is 6. The number of methoxy groups -OCH3 is 1. The van der Waals surface area contributed by atoms with Crippen LogP contribution in [-0.4, -0.2) is 42.0 Å². The van der Waals surface area contributed by atoms with E-state index in [1.807, 2.05) is 12.1 Å². The van der Waals surface area contributed by atoms with Gasteiger partial charge in [-0.05, 0) is 30.3 Å². The van der Waals surface area contributed by atoms with Gasteiger partial charge in [0, 0.05) is 19.2 Å². The van der Waals surface area contributed by atoms with Crippen molar-refractivity contribution in [1.29, 1.82) is 0 Å². The molecule has 2 aromatic rings. The van der Waals surface area contributed by atoms with Gasteiger partial charge >= 0.3 is 0 Å². The molecule has 0 saturated heterocycles. The number of benzene rings is 2. The van der Waals surface area contributed by atoms with Crippen molar-refractivity contribution in [3.05, 3.63) is 48.0 Å². The molecule has 1 aliphatic heterocycles. The highest BCUT2D eigenvalue weighted by Gasteiger charge is 2.19. The topological polar surface area (TPSA) is 83.1 Å². The van der Waals surface area contributed by atoms with Crippen molar-refractivity contribution in [3.8, 4) is 17.2 Å². The lowest BCUT2D eigenvalue weighted by Crippen LogP contribution is -2.24. The van der Waals surface area contributed by atoms with Crippen LogP contribution < -0.4 is 18.9 Å². The molecule has 0 aliphatic carbocycles. The van der Waals surface area contributed by atoms with Gasteiger partial charge in [-0.3, -0.25) is 0 Å². The summed E-state index contributed by atoms with van der Waals surface area (Å²) in [6.07, 6.45) is 0. The molecule has 0 radical (unpaired) electrons. The lowest BCUT2D eigenvalue weighted by molar-refractivity contribution is 0.146. The molecule has 8 heteroatoms. The van der Waals surface area contributed by atoms with Gasteiger partial charge < -0.3 is 18.9 Å². The Kier molecular flexibility index (Phi) is 5.97. The Morgan fingerprint density at radius 2 is 1.81 bits per heavy atom. The summed E-state index contributed by atoms with van der Waals surface area (Å²) in [5.41, 5.74) is 0.727. The van der Waals surface area contributed by atoms with Crippen molar-refractivity contribution >= 4 is 10.0 Å². The zero-order chi connectivity index (χ0) is 18.4. The standard InChI is InChI=1S/C18H21NO6S/c1-22-9-10-23-15-5-7-16(8-6-15)26(20,21)19-13-14-3-2-4-17-18(14)25-12-11-24-17/h2-8,19H,9-13H2,1H3. The van der Waals surface area contributed by atoms with Crippen LogP contribution in [0, 0.1) is 0 Å². The predicted molar refractivity (Wildman–Crippen MR) is 95.3 cm³/mol. The van der Waals surface area contributed by atoms with Crippen LogP contribution in [0.2, 0.25) is 0 Å². The van der Waals surface area contributed by atoms with E-state index in [4.69, 9.17) is 18.9 Å². The predicted octanol–water partition coefficient (Wildman–Crippen LogP) is 1.96. The summed E-state index contributed by atoms with van der Waals surface area (Å²) in [5.74, 6) is 1.80. The molecule has 26 heavy (non-hydrogen) atoms. The summed E-state index contributed by atoms with van der Waals surface area (Å²) in [7, 11) is -2.06. The molecule has 0 spiro atoms. The highest BCUT2D eigenvalue weighted by molar-refractivity contribution is 7.89. The number of ether oxygens (including phenoxy) is 4. The molecular formula is C18H21NO6S. The van der Waals surface area contributed by atoms with Gasteiger partial charge in [-0.25, -0.2) is 13.1 Å². The van der Waals surface area contributed by atoms with E-state index in [-0.39, 0.29) is 11.4 Å². The van der Waals surface area contributed by atoms with Gasteiger partial charge in [0.05, 0.1) is 11.5 Å². The van der Waals surface area contributed by atoms with Crippen LogP contribution >= 0.6 is 0 Å². The van der Waals surface area contributed by atoms with Gasteiger partial charge in [0.2, 0.25) is 10.0 Å². The number of rotatable bonds is 8. The second kappa shape index (κ2) is 8.39. The summed E-state index contributed by atoms with van der Waals surface area (Å²) in [6.45, 7) is 1.92. The maximum absolute atomic E-state index is 12.5. The molecule has 0 fully saturated rings. The van der Waals surface area contributed by atoms with Crippen LogP contribution in [-0.2, 0) is 21.3 Å². The molecule has 0 aromatic heterocycles. The number of fused-ring (bicyclic) bond motifs is 1. The van der Waals surface area contributed by atoms with Crippen molar-refractivity contribution < 1.29 is 27.4 Å². The van der Waals surface area contributed by atoms with E-state index in [0.29, 0.717) is 43.7 Å². The number of hydrogen-bond donors (Lipinski definition) is 1. The molecule has 0 atom stereocenters. The van der Waals surface area contributed by atoms with Crippen molar-refractivity contribution in [1.82, 2.24) is 4.72 Å². The van der Waals surface area contributed by atoms with E-state index in [1.165, 1.54) is 12.1 Å². The van der Waals surface area contributed by atoms with E-state index < -0.39 is 10.0 Å². The summed E-state index contributed by atoms with van der Waals surface area (Å²) in [5, 5.41) is 0. The van der Waals surface area contributed by atoms with Crippen LogP contribution in [0.3, 0.4) is 0 Å². The fourth-order valence-corrected chi connectivity index (χ4v) is 3.49. The first-order valence-corrected chi connectivity index (χ1v) is 9.67. The van der Waals surface area contributed by atoms with Gasteiger partial charge in [-0.1, -0.05) is 12.1 Å². The minimum atomic E-state index is -3.65. The SMILES string of the molecule is COCCOc1ccc(S(=O)(=O)NCc2cccc3c2OCCO3)cc1. The molecule has 0 saturated carbocycles. The van der Waals surface area contributed by atoms with E-state index in [2.05, 4.69) is 4.72 Å². The van der Waals surface area contributed by atoms with Crippen LogP contribution in [0.25, 0.3) is 0 Å². The summed E-state index contributed by atoms with van der Waals surface area (Å²) in [4.78, 5) is 0.165. The monoisotopic (exact) mass is 379 g/mol. The fraction of sp³-hybridized carbons (Fsp3) is 0.333. The fourth-order valence-electron chi connectivity index (χ4n) is 2.49. The maximum atomic E-state index is 12.5. The van der Waals surface area contributed by atoms with Crippen molar-refractivity contribution in [2.75, 3.05) is 33.5 Å². The average molecular weight is 379 g/mol. The molecule has 7 nitrogen and oxygen atoms in total. The average Bonchev–Trinajstić information content (AvgIpc) is 2.67. The van der Waals surface area contributed by atoms with E-state index >= 15 is 0 Å². The third-order valence-corrected chi connectivity index (χ3v) is 5.21. The van der Waals surface area contributed by atoms with E-state index in [9.17, 15) is 8.42 Å². The first-order chi connectivity index (χ1) is 12.6. The highest BCUT2D eigenvalue weighted by atomic mass is 32.2. The highest BCUT2D eigenvalue weighted by Crippen LogP contribution is 2.33. The third kappa shape index (κ3) is 4.46. The van der Waals surface area contributed by atoms with Crippen LogP contribution in [0.4, 0.5) is 0 Å². The van der Waals surface area contributed by atoms with Crippen molar-refractivity contribution in [2.45, 2.75) is 11.4 Å². The number of nitrogens with one attached hydrogen (secondary N) is 1. The normalized spacial score (nSPS) is 13.4. The summed E-state index contributed by atoms with van der Waals surface area (Å²) in [6, 6.07) is 11.7. The van der Waals surface area contributed by atoms with Gasteiger partial charge in [0.1, 0.15) is 25.6 Å². The number of sulfonamides is 1. The lowest BCUT2D eigenvalue weighted by atomic mass is 10.2. The quantitative estimate of drug-likeness (QED) is 0.706. The minimum absolute atomic E-state index is 0.112. The Labute approximate surface area is 152 Å². The third-order valence-electron chi connectivity index (χ3n) is 3.79. The van der Waals surface area contributed by atoms with E-state index in [1.54, 1.807) is 25.3 Å². The molecular weight excluding hydrogens is 358 g/mol. The molecule has 3 rings (SSSR count). The second-order valence-electron chi connectivity index (χ2n) is 5.58. The van der Waals surface area contributed by atoms with Crippen molar-refractivity contribution in [3.63, 3.8) is 0 Å². The zero-order valence-corrected chi connectivity index (χ0v) is 15.3. The van der Waals surface area contributed by atoms with Crippen LogP contribution in [0.1, 0.15) is 5.56 Å². The van der Waals surface area contributed by atoms with Crippen LogP contribution in [0.5, 0.6) is 17.2 Å². The lowest BCUT2D eigenvalue weighted by Gasteiger charge is -2.21. The molecule has 2 aromatic carbocycles. The minimum Gasteiger partial charge on any atom is -0.491 e. The molecule has 0 unspecified atom stereocenters. The Morgan fingerprint density at radius 3 is 2.58 bits per heavy atom. The Balaban J connectivity index is 1.66. The molecule has 0 bridgehead atoms. The molecule has 140 valence electrons. The maximum Gasteiger partial charge on any atom is 0.240 e. The molecule has 1 N–H and O–H groups in total. The molecule has 1 aliphatic rings. The second-order valence-corrected chi connectivity index (χ2v) is 7.35. The molecule has 1 heterocycles. The van der Waals surface area contributed by atoms with Gasteiger partial charge in [-0.2, -0.15) is 0 Å². The summed E-state index contributed by atoms with van der Waals surface area (Å²) >= 11 is 0. The molecule has 0 amide bonds. The number of para-hydroxylation sites is 1. The van der Waals surface area contributed by atoms with E-state index in [0.717, 1.165) is 5.56 Å².